The van der Waals surface area contributed by atoms with E-state index in [4.69, 9.17) is 4.74 Å². The summed E-state index contributed by atoms with van der Waals surface area (Å²) in [5.74, 6) is 0.367. The Bertz CT molecular complexity index is 185. The summed E-state index contributed by atoms with van der Waals surface area (Å²) in [5.41, 5.74) is 0.684. The molecule has 0 aromatic carbocycles. The lowest BCUT2D eigenvalue weighted by atomic mass is 10.1. The van der Waals surface area contributed by atoms with Crippen molar-refractivity contribution < 1.29 is 9.53 Å². The molecule has 0 rings (SSSR count). The molecular weight excluding hydrogens is 232 g/mol. The van der Waals surface area contributed by atoms with Gasteiger partial charge in [0.2, 0.25) is 0 Å². The minimum absolute atomic E-state index is 0.208. The van der Waals surface area contributed by atoms with E-state index in [1.807, 2.05) is 6.92 Å². The van der Waals surface area contributed by atoms with E-state index in [1.165, 1.54) is 0 Å². The Morgan fingerprint density at radius 3 is 2.54 bits per heavy atom. The van der Waals surface area contributed by atoms with Crippen LogP contribution in [0.1, 0.15) is 27.2 Å². The molecule has 76 valence electrons. The molecule has 0 saturated heterocycles. The molecule has 0 radical (unpaired) electrons. The van der Waals surface area contributed by atoms with Crippen molar-refractivity contribution in [2.45, 2.75) is 27.2 Å². The summed E-state index contributed by atoms with van der Waals surface area (Å²) >= 11 is 3.23. The van der Waals surface area contributed by atoms with Crippen molar-refractivity contribution in [2.75, 3.05) is 11.9 Å². The average Bonchev–Trinajstić information content (AvgIpc) is 2.05. The Morgan fingerprint density at radius 2 is 2.15 bits per heavy atom. The van der Waals surface area contributed by atoms with Gasteiger partial charge in [-0.15, -0.1) is 0 Å². The molecule has 0 amide bonds. The number of ether oxygens (including phenoxy) is 1. The number of hydrogen-bond donors (Lipinski definition) is 0. The third-order valence-corrected chi connectivity index (χ3v) is 2.29. The molecule has 2 nitrogen and oxygen atoms in total. The van der Waals surface area contributed by atoms with Crippen LogP contribution in [0.25, 0.3) is 0 Å². The van der Waals surface area contributed by atoms with Gasteiger partial charge in [-0.3, -0.25) is 0 Å². The predicted molar refractivity (Wildman–Crippen MR) is 58.0 cm³/mol. The highest BCUT2D eigenvalue weighted by molar-refractivity contribution is 9.09. The standard InChI is InChI=1S/C10H17BrO2/c1-4-9(7-11)10(12)13-6-5-8(2)3/h4,8H,5-7H2,1-3H3. The van der Waals surface area contributed by atoms with Crippen LogP contribution in [0.15, 0.2) is 11.6 Å². The van der Waals surface area contributed by atoms with Gasteiger partial charge in [0, 0.05) is 10.9 Å². The lowest BCUT2D eigenvalue weighted by molar-refractivity contribution is -0.139. The van der Waals surface area contributed by atoms with Crippen LogP contribution in [0.3, 0.4) is 0 Å². The molecule has 0 atom stereocenters. The fraction of sp³-hybridized carbons (Fsp3) is 0.700. The summed E-state index contributed by atoms with van der Waals surface area (Å²) in [5, 5.41) is 0.560. The average molecular weight is 249 g/mol. The monoisotopic (exact) mass is 248 g/mol. The Morgan fingerprint density at radius 1 is 1.54 bits per heavy atom. The maximum absolute atomic E-state index is 11.3. The summed E-state index contributed by atoms with van der Waals surface area (Å²) in [6.45, 7) is 6.56. The molecule has 0 saturated carbocycles. The van der Waals surface area contributed by atoms with Gasteiger partial charge in [-0.1, -0.05) is 35.9 Å². The molecular formula is C10H17BrO2. The number of allylic oxidation sites excluding steroid dienone is 1. The molecule has 0 spiro atoms. The van der Waals surface area contributed by atoms with Gasteiger partial charge in [0.15, 0.2) is 0 Å². The third kappa shape index (κ3) is 5.86. The minimum atomic E-state index is -0.208. The highest BCUT2D eigenvalue weighted by Crippen LogP contribution is 2.05. The summed E-state index contributed by atoms with van der Waals surface area (Å²) in [4.78, 5) is 11.3. The Hall–Kier alpha value is -0.310. The van der Waals surface area contributed by atoms with E-state index in [2.05, 4.69) is 29.8 Å². The van der Waals surface area contributed by atoms with Gasteiger partial charge in [-0.05, 0) is 19.3 Å². The fourth-order valence-corrected chi connectivity index (χ4v) is 1.28. The van der Waals surface area contributed by atoms with E-state index in [1.54, 1.807) is 6.08 Å². The lowest BCUT2D eigenvalue weighted by Gasteiger charge is -2.07. The molecule has 0 aromatic rings. The molecule has 0 fully saturated rings. The van der Waals surface area contributed by atoms with Crippen molar-refractivity contribution >= 4 is 21.9 Å². The third-order valence-electron chi connectivity index (χ3n) is 1.68. The molecule has 0 unspecified atom stereocenters. The van der Waals surface area contributed by atoms with Gasteiger partial charge in [0.1, 0.15) is 0 Å². The van der Waals surface area contributed by atoms with Crippen molar-refractivity contribution in [1.82, 2.24) is 0 Å². The number of esters is 1. The molecule has 0 aliphatic heterocycles. The first-order valence-corrected chi connectivity index (χ1v) is 5.62. The zero-order chi connectivity index (χ0) is 10.3. The van der Waals surface area contributed by atoms with Crippen molar-refractivity contribution in [1.29, 1.82) is 0 Å². The molecule has 0 N–H and O–H groups in total. The maximum Gasteiger partial charge on any atom is 0.334 e. The first-order valence-electron chi connectivity index (χ1n) is 4.50. The maximum atomic E-state index is 11.3. The minimum Gasteiger partial charge on any atom is -0.462 e. The number of hydrogen-bond acceptors (Lipinski definition) is 2. The first-order chi connectivity index (χ1) is 6.11. The van der Waals surface area contributed by atoms with Gasteiger partial charge >= 0.3 is 5.97 Å². The number of halogens is 1. The number of rotatable bonds is 5. The first kappa shape index (κ1) is 12.7. The van der Waals surface area contributed by atoms with Crippen LogP contribution < -0.4 is 0 Å². The van der Waals surface area contributed by atoms with Crippen molar-refractivity contribution in [3.63, 3.8) is 0 Å². The summed E-state index contributed by atoms with van der Waals surface area (Å²) in [6.07, 6.45) is 2.69. The Labute approximate surface area is 88.5 Å². The van der Waals surface area contributed by atoms with E-state index in [-0.39, 0.29) is 5.97 Å². The van der Waals surface area contributed by atoms with Crippen LogP contribution in [0.4, 0.5) is 0 Å². The lowest BCUT2D eigenvalue weighted by Crippen LogP contribution is -2.10. The summed E-state index contributed by atoms with van der Waals surface area (Å²) in [7, 11) is 0. The van der Waals surface area contributed by atoms with E-state index in [0.29, 0.717) is 23.4 Å². The van der Waals surface area contributed by atoms with Crippen LogP contribution in [0.5, 0.6) is 0 Å². The van der Waals surface area contributed by atoms with Crippen LogP contribution in [-0.4, -0.2) is 17.9 Å². The number of carbonyl (C=O) groups excluding carboxylic acids is 1. The van der Waals surface area contributed by atoms with Crippen molar-refractivity contribution in [3.8, 4) is 0 Å². The highest BCUT2D eigenvalue weighted by Gasteiger charge is 2.07. The second kappa shape index (κ2) is 7.13. The molecule has 0 bridgehead atoms. The van der Waals surface area contributed by atoms with E-state index >= 15 is 0 Å². The Kier molecular flexibility index (Phi) is 6.96. The molecule has 0 aliphatic rings. The molecule has 0 aliphatic carbocycles. The van der Waals surface area contributed by atoms with Gasteiger partial charge in [0.05, 0.1) is 6.61 Å². The zero-order valence-corrected chi connectivity index (χ0v) is 10.1. The smallest absolute Gasteiger partial charge is 0.334 e. The zero-order valence-electron chi connectivity index (χ0n) is 8.47. The largest absolute Gasteiger partial charge is 0.462 e. The van der Waals surface area contributed by atoms with E-state index in [9.17, 15) is 4.79 Å². The topological polar surface area (TPSA) is 26.3 Å². The predicted octanol–water partition coefficient (Wildman–Crippen LogP) is 2.92. The molecule has 0 heterocycles. The Balaban J connectivity index is 3.74. The van der Waals surface area contributed by atoms with Crippen LogP contribution in [0, 0.1) is 5.92 Å². The van der Waals surface area contributed by atoms with Crippen molar-refractivity contribution in [3.05, 3.63) is 11.6 Å². The second-order valence-electron chi connectivity index (χ2n) is 3.27. The van der Waals surface area contributed by atoms with Gasteiger partial charge in [-0.2, -0.15) is 0 Å². The quantitative estimate of drug-likeness (QED) is 0.425. The number of carbonyl (C=O) groups is 1. The van der Waals surface area contributed by atoms with Crippen molar-refractivity contribution in [2.24, 2.45) is 5.92 Å². The second-order valence-corrected chi connectivity index (χ2v) is 3.83. The fourth-order valence-electron chi connectivity index (χ4n) is 0.730. The summed E-state index contributed by atoms with van der Waals surface area (Å²) < 4.78 is 5.06. The molecule has 3 heteroatoms. The van der Waals surface area contributed by atoms with Gasteiger partial charge < -0.3 is 4.74 Å². The van der Waals surface area contributed by atoms with Gasteiger partial charge in [-0.25, -0.2) is 4.79 Å². The normalized spacial score (nSPS) is 11.9. The SMILES string of the molecule is CC=C(CBr)C(=O)OCCC(C)C. The van der Waals surface area contributed by atoms with Crippen LogP contribution in [0.2, 0.25) is 0 Å². The van der Waals surface area contributed by atoms with Gasteiger partial charge in [0.25, 0.3) is 0 Å². The van der Waals surface area contributed by atoms with E-state index < -0.39 is 0 Å². The summed E-state index contributed by atoms with van der Waals surface area (Å²) in [6, 6.07) is 0. The highest BCUT2D eigenvalue weighted by atomic mass is 79.9. The van der Waals surface area contributed by atoms with Crippen LogP contribution in [-0.2, 0) is 9.53 Å². The van der Waals surface area contributed by atoms with Crippen LogP contribution >= 0.6 is 15.9 Å². The van der Waals surface area contributed by atoms with E-state index in [0.717, 1.165) is 6.42 Å². The number of alkyl halides is 1. The molecule has 13 heavy (non-hydrogen) atoms. The molecule has 0 aromatic heterocycles.